The van der Waals surface area contributed by atoms with Crippen molar-refractivity contribution in [1.29, 1.82) is 5.26 Å². The fraction of sp³-hybridized carbons (Fsp3) is 0.462. The summed E-state index contributed by atoms with van der Waals surface area (Å²) in [5.41, 5.74) is -0.115. The van der Waals surface area contributed by atoms with Gasteiger partial charge in [-0.1, -0.05) is 12.1 Å². The third-order valence-electron chi connectivity index (χ3n) is 3.01. The van der Waals surface area contributed by atoms with Gasteiger partial charge in [0.2, 0.25) is 0 Å². The van der Waals surface area contributed by atoms with Crippen LogP contribution in [0, 0.1) is 17.2 Å². The predicted molar refractivity (Wildman–Crippen MR) is 60.5 cm³/mol. The molecule has 0 spiro atoms. The molecule has 0 saturated heterocycles. The predicted octanol–water partition coefficient (Wildman–Crippen LogP) is 3.27. The molecule has 1 aromatic carbocycles. The Kier molecular flexibility index (Phi) is 3.58. The lowest BCUT2D eigenvalue weighted by molar-refractivity contribution is -0.137. The number of alkyl halides is 3. The van der Waals surface area contributed by atoms with Gasteiger partial charge in [-0.3, -0.25) is 5.32 Å². The Morgan fingerprint density at radius 3 is 2.33 bits per heavy atom. The first-order valence-corrected chi connectivity index (χ1v) is 5.81. The summed E-state index contributed by atoms with van der Waals surface area (Å²) in [6.07, 6.45) is -2.00. The molecule has 0 amide bonds. The second-order valence-electron chi connectivity index (χ2n) is 4.53. The van der Waals surface area contributed by atoms with Crippen molar-refractivity contribution >= 4 is 0 Å². The van der Waals surface area contributed by atoms with E-state index in [1.165, 1.54) is 12.1 Å². The molecule has 2 rings (SSSR count). The molecule has 1 aliphatic rings. The average Bonchev–Trinajstić information content (AvgIpc) is 3.13. The highest BCUT2D eigenvalue weighted by molar-refractivity contribution is 5.29. The van der Waals surface area contributed by atoms with Gasteiger partial charge in [-0.05, 0) is 43.0 Å². The first kappa shape index (κ1) is 12.9. The number of hydrogen-bond donors (Lipinski definition) is 1. The minimum absolute atomic E-state index is 0.534. The van der Waals surface area contributed by atoms with Crippen LogP contribution in [-0.2, 0) is 6.18 Å². The molecular formula is C13H13F3N2. The molecule has 1 atom stereocenters. The van der Waals surface area contributed by atoms with Gasteiger partial charge in [0, 0.05) is 0 Å². The molecule has 1 fully saturated rings. The van der Waals surface area contributed by atoms with E-state index < -0.39 is 17.8 Å². The highest BCUT2D eigenvalue weighted by Gasteiger charge is 2.30. The van der Waals surface area contributed by atoms with Crippen molar-refractivity contribution in [3.05, 3.63) is 35.4 Å². The normalized spacial score (nSPS) is 17.2. The largest absolute Gasteiger partial charge is 0.416 e. The summed E-state index contributed by atoms with van der Waals surface area (Å²) < 4.78 is 37.2. The molecule has 0 bridgehead atoms. The Labute approximate surface area is 103 Å². The first-order valence-electron chi connectivity index (χ1n) is 5.81. The molecule has 96 valence electrons. The van der Waals surface area contributed by atoms with Gasteiger partial charge < -0.3 is 0 Å². The summed E-state index contributed by atoms with van der Waals surface area (Å²) in [5.74, 6) is 0.621. The molecule has 0 aromatic heterocycles. The van der Waals surface area contributed by atoms with Crippen LogP contribution in [0.4, 0.5) is 13.2 Å². The Bertz CT molecular complexity index is 441. The van der Waals surface area contributed by atoms with E-state index in [2.05, 4.69) is 11.4 Å². The summed E-state index contributed by atoms with van der Waals surface area (Å²) in [6.45, 7) is 0.749. The Morgan fingerprint density at radius 1 is 1.28 bits per heavy atom. The Hall–Kier alpha value is -1.54. The Morgan fingerprint density at radius 2 is 1.89 bits per heavy atom. The van der Waals surface area contributed by atoms with Crippen LogP contribution in [0.15, 0.2) is 24.3 Å². The lowest BCUT2D eigenvalue weighted by atomic mass is 10.1. The van der Waals surface area contributed by atoms with Crippen LogP contribution >= 0.6 is 0 Å². The van der Waals surface area contributed by atoms with Gasteiger partial charge in [0.1, 0.15) is 6.04 Å². The molecule has 0 aliphatic heterocycles. The molecule has 2 nitrogen and oxygen atoms in total. The SMILES string of the molecule is N#CC(NCC1CC1)c1ccc(C(F)(F)F)cc1. The first-order chi connectivity index (χ1) is 8.50. The molecule has 1 aliphatic carbocycles. The third-order valence-corrected chi connectivity index (χ3v) is 3.01. The lowest BCUT2D eigenvalue weighted by Gasteiger charge is -2.13. The fourth-order valence-electron chi connectivity index (χ4n) is 1.71. The van der Waals surface area contributed by atoms with Crippen LogP contribution in [0.1, 0.15) is 30.0 Å². The second kappa shape index (κ2) is 4.99. The van der Waals surface area contributed by atoms with Gasteiger partial charge in [0.15, 0.2) is 0 Å². The molecule has 18 heavy (non-hydrogen) atoms. The van der Waals surface area contributed by atoms with Crippen LogP contribution in [0.2, 0.25) is 0 Å². The summed E-state index contributed by atoms with van der Waals surface area (Å²) in [6, 6.07) is 6.27. The van der Waals surface area contributed by atoms with Gasteiger partial charge in [-0.15, -0.1) is 0 Å². The van der Waals surface area contributed by atoms with Crippen LogP contribution < -0.4 is 5.32 Å². The lowest BCUT2D eigenvalue weighted by Crippen LogP contribution is -2.22. The van der Waals surface area contributed by atoms with Gasteiger partial charge in [0.05, 0.1) is 11.6 Å². The van der Waals surface area contributed by atoms with E-state index in [0.717, 1.165) is 31.5 Å². The van der Waals surface area contributed by atoms with E-state index in [1.807, 2.05) is 0 Å². The quantitative estimate of drug-likeness (QED) is 0.895. The standard InChI is InChI=1S/C13H13F3N2/c14-13(15,16)11-5-3-10(4-6-11)12(7-17)18-8-9-1-2-9/h3-6,9,12,18H,1-2,8H2. The topological polar surface area (TPSA) is 35.8 Å². The Balaban J connectivity index is 2.04. The van der Waals surface area contributed by atoms with Crippen molar-refractivity contribution in [1.82, 2.24) is 5.32 Å². The van der Waals surface area contributed by atoms with E-state index in [-0.39, 0.29) is 0 Å². The van der Waals surface area contributed by atoms with E-state index in [0.29, 0.717) is 11.5 Å². The zero-order valence-corrected chi connectivity index (χ0v) is 9.67. The minimum atomic E-state index is -4.33. The number of nitrogens with zero attached hydrogens (tertiary/aromatic N) is 1. The molecule has 5 heteroatoms. The molecule has 1 N–H and O–H groups in total. The van der Waals surface area contributed by atoms with Crippen molar-refractivity contribution in [2.75, 3.05) is 6.54 Å². The average molecular weight is 254 g/mol. The second-order valence-corrected chi connectivity index (χ2v) is 4.53. The number of nitriles is 1. The van der Waals surface area contributed by atoms with Gasteiger partial charge >= 0.3 is 6.18 Å². The van der Waals surface area contributed by atoms with E-state index >= 15 is 0 Å². The molecular weight excluding hydrogens is 241 g/mol. The zero-order chi connectivity index (χ0) is 13.2. The molecule has 0 radical (unpaired) electrons. The van der Waals surface area contributed by atoms with Crippen molar-refractivity contribution in [2.45, 2.75) is 25.1 Å². The zero-order valence-electron chi connectivity index (χ0n) is 9.67. The minimum Gasteiger partial charge on any atom is -0.298 e. The number of rotatable bonds is 4. The monoisotopic (exact) mass is 254 g/mol. The summed E-state index contributed by atoms with van der Waals surface area (Å²) in [7, 11) is 0. The molecule has 1 saturated carbocycles. The van der Waals surface area contributed by atoms with Gasteiger partial charge in [0.25, 0.3) is 0 Å². The summed E-state index contributed by atoms with van der Waals surface area (Å²) in [5, 5.41) is 12.1. The number of benzene rings is 1. The van der Waals surface area contributed by atoms with E-state index in [9.17, 15) is 13.2 Å². The van der Waals surface area contributed by atoms with E-state index in [1.54, 1.807) is 0 Å². The highest BCUT2D eigenvalue weighted by Crippen LogP contribution is 2.31. The van der Waals surface area contributed by atoms with Gasteiger partial charge in [-0.25, -0.2) is 0 Å². The van der Waals surface area contributed by atoms with Crippen molar-refractivity contribution in [3.63, 3.8) is 0 Å². The summed E-state index contributed by atoms with van der Waals surface area (Å²) in [4.78, 5) is 0. The van der Waals surface area contributed by atoms with Crippen LogP contribution in [0.3, 0.4) is 0 Å². The fourth-order valence-corrected chi connectivity index (χ4v) is 1.71. The van der Waals surface area contributed by atoms with Gasteiger partial charge in [-0.2, -0.15) is 18.4 Å². The van der Waals surface area contributed by atoms with Crippen molar-refractivity contribution in [2.24, 2.45) is 5.92 Å². The third kappa shape index (κ3) is 3.23. The van der Waals surface area contributed by atoms with Crippen molar-refractivity contribution in [3.8, 4) is 6.07 Å². The molecule has 1 aromatic rings. The van der Waals surface area contributed by atoms with Crippen LogP contribution in [0.5, 0.6) is 0 Å². The summed E-state index contributed by atoms with van der Waals surface area (Å²) >= 11 is 0. The maximum atomic E-state index is 12.4. The van der Waals surface area contributed by atoms with E-state index in [4.69, 9.17) is 5.26 Å². The smallest absolute Gasteiger partial charge is 0.298 e. The highest BCUT2D eigenvalue weighted by atomic mass is 19.4. The maximum Gasteiger partial charge on any atom is 0.416 e. The molecule has 1 unspecified atom stereocenters. The maximum absolute atomic E-state index is 12.4. The number of hydrogen-bond acceptors (Lipinski definition) is 2. The molecule has 0 heterocycles. The number of halogens is 3. The van der Waals surface area contributed by atoms with Crippen LogP contribution in [0.25, 0.3) is 0 Å². The van der Waals surface area contributed by atoms with Crippen molar-refractivity contribution < 1.29 is 13.2 Å². The number of nitrogens with one attached hydrogen (secondary N) is 1. The van der Waals surface area contributed by atoms with Crippen LogP contribution in [-0.4, -0.2) is 6.54 Å².